The molecule has 0 radical (unpaired) electrons. The highest BCUT2D eigenvalue weighted by Crippen LogP contribution is 2.21. The molecule has 0 saturated carbocycles. The number of aliphatic carboxylic acids is 1. The molecular weight excluding hydrogens is 279 g/mol. The molecule has 0 aromatic heterocycles. The van der Waals surface area contributed by atoms with Crippen LogP contribution in [0, 0.1) is 12.7 Å². The third-order valence-corrected chi connectivity index (χ3v) is 3.37. The summed E-state index contributed by atoms with van der Waals surface area (Å²) in [6.07, 6.45) is 0. The van der Waals surface area contributed by atoms with Gasteiger partial charge in [0.05, 0.1) is 5.69 Å². The van der Waals surface area contributed by atoms with Crippen molar-refractivity contribution in [3.8, 4) is 0 Å². The summed E-state index contributed by atoms with van der Waals surface area (Å²) in [6, 6.07) is 1.91. The first-order valence-corrected chi connectivity index (χ1v) is 6.60. The lowest BCUT2D eigenvalue weighted by Gasteiger charge is -2.11. The number of carboxylic acids is 1. The van der Waals surface area contributed by atoms with Crippen molar-refractivity contribution < 1.29 is 27.5 Å². The number of carboxylic acid groups (broad SMARTS) is 1. The molecule has 0 saturated heterocycles. The molecule has 0 aliphatic heterocycles. The number of sulfonamides is 1. The van der Waals surface area contributed by atoms with Gasteiger partial charge in [0, 0.05) is 11.1 Å². The lowest BCUT2D eigenvalue weighted by Crippen LogP contribution is -2.23. The number of carbonyl (C=O) groups is 2. The Morgan fingerprint density at radius 1 is 1.42 bits per heavy atom. The predicted molar refractivity (Wildman–Crippen MR) is 64.7 cm³/mol. The zero-order chi connectivity index (χ0) is 14.8. The molecule has 0 unspecified atom stereocenters. The van der Waals surface area contributed by atoms with Gasteiger partial charge in [0.15, 0.2) is 5.75 Å². The highest BCUT2D eigenvalue weighted by atomic mass is 32.2. The van der Waals surface area contributed by atoms with Crippen molar-refractivity contribution in [2.75, 3.05) is 10.5 Å². The SMILES string of the molecule is Cc1c(F)cc(C(N)=O)cc1NS(=O)(=O)CC(=O)O. The fraction of sp³-hybridized carbons (Fsp3) is 0.200. The standard InChI is InChI=1S/C10H11FN2O5S/c1-5-7(11)2-6(10(12)16)3-8(5)13-19(17,18)4-9(14)15/h2-3,13H,4H2,1H3,(H2,12,16)(H,14,15). The van der Waals surface area contributed by atoms with Crippen molar-refractivity contribution in [1.82, 2.24) is 0 Å². The highest BCUT2D eigenvalue weighted by Gasteiger charge is 2.19. The smallest absolute Gasteiger partial charge is 0.320 e. The van der Waals surface area contributed by atoms with Crippen molar-refractivity contribution in [3.05, 3.63) is 29.1 Å². The Balaban J connectivity index is 3.21. The van der Waals surface area contributed by atoms with Crippen LogP contribution in [0.2, 0.25) is 0 Å². The molecule has 7 nitrogen and oxygen atoms in total. The number of nitrogens with one attached hydrogen (secondary N) is 1. The van der Waals surface area contributed by atoms with Crippen molar-refractivity contribution in [3.63, 3.8) is 0 Å². The molecule has 4 N–H and O–H groups in total. The van der Waals surface area contributed by atoms with E-state index in [0.29, 0.717) is 0 Å². The van der Waals surface area contributed by atoms with Crippen LogP contribution in [-0.4, -0.2) is 31.2 Å². The molecule has 0 atom stereocenters. The minimum atomic E-state index is -4.18. The minimum Gasteiger partial charge on any atom is -0.480 e. The second-order valence-electron chi connectivity index (χ2n) is 3.75. The van der Waals surface area contributed by atoms with Gasteiger partial charge in [-0.3, -0.25) is 14.3 Å². The van der Waals surface area contributed by atoms with Crippen molar-refractivity contribution in [2.45, 2.75) is 6.92 Å². The Morgan fingerprint density at radius 2 is 2.00 bits per heavy atom. The van der Waals surface area contributed by atoms with Crippen LogP contribution in [0.4, 0.5) is 10.1 Å². The molecule has 0 bridgehead atoms. The lowest BCUT2D eigenvalue weighted by atomic mass is 10.1. The van der Waals surface area contributed by atoms with Gasteiger partial charge in [-0.1, -0.05) is 0 Å². The van der Waals surface area contributed by atoms with E-state index in [1.54, 1.807) is 0 Å². The summed E-state index contributed by atoms with van der Waals surface area (Å²) in [5, 5.41) is 8.43. The first kappa shape index (κ1) is 14.9. The van der Waals surface area contributed by atoms with Crippen LogP contribution in [0.5, 0.6) is 0 Å². The average Bonchev–Trinajstić information content (AvgIpc) is 2.21. The van der Waals surface area contributed by atoms with E-state index in [-0.39, 0.29) is 16.8 Å². The summed E-state index contributed by atoms with van der Waals surface area (Å²) in [5.41, 5.74) is 4.45. The van der Waals surface area contributed by atoms with E-state index in [2.05, 4.69) is 0 Å². The van der Waals surface area contributed by atoms with E-state index in [4.69, 9.17) is 10.8 Å². The summed E-state index contributed by atoms with van der Waals surface area (Å²) in [5.74, 6) is -4.49. The predicted octanol–water partition coefficient (Wildman–Crippen LogP) is 0.0593. The molecule has 0 aliphatic carbocycles. The fourth-order valence-corrected chi connectivity index (χ4v) is 2.24. The summed E-state index contributed by atoms with van der Waals surface area (Å²) in [4.78, 5) is 21.3. The monoisotopic (exact) mass is 290 g/mol. The van der Waals surface area contributed by atoms with Gasteiger partial charge in [0.25, 0.3) is 0 Å². The summed E-state index contributed by atoms with van der Waals surface area (Å²) >= 11 is 0. The quantitative estimate of drug-likeness (QED) is 0.706. The number of primary amides is 1. The van der Waals surface area contributed by atoms with Crippen LogP contribution in [0.3, 0.4) is 0 Å². The van der Waals surface area contributed by atoms with E-state index < -0.39 is 33.5 Å². The van der Waals surface area contributed by atoms with Gasteiger partial charge < -0.3 is 10.8 Å². The molecule has 1 aromatic carbocycles. The number of nitrogens with two attached hydrogens (primary N) is 1. The maximum atomic E-state index is 13.5. The normalized spacial score (nSPS) is 11.1. The molecule has 104 valence electrons. The number of carbonyl (C=O) groups excluding carboxylic acids is 1. The van der Waals surface area contributed by atoms with Crippen LogP contribution in [-0.2, 0) is 14.8 Å². The maximum absolute atomic E-state index is 13.5. The van der Waals surface area contributed by atoms with Gasteiger partial charge in [0.1, 0.15) is 5.82 Å². The summed E-state index contributed by atoms with van der Waals surface area (Å²) in [6.45, 7) is 1.28. The zero-order valence-corrected chi connectivity index (χ0v) is 10.6. The molecule has 0 aliphatic rings. The van der Waals surface area contributed by atoms with E-state index in [1.165, 1.54) is 6.92 Å². The van der Waals surface area contributed by atoms with Crippen LogP contribution < -0.4 is 10.5 Å². The van der Waals surface area contributed by atoms with Crippen molar-refractivity contribution in [2.24, 2.45) is 5.73 Å². The number of amides is 1. The molecule has 1 aromatic rings. The average molecular weight is 290 g/mol. The number of anilines is 1. The highest BCUT2D eigenvalue weighted by molar-refractivity contribution is 7.93. The third-order valence-electron chi connectivity index (χ3n) is 2.21. The van der Waals surface area contributed by atoms with E-state index in [1.807, 2.05) is 4.72 Å². The van der Waals surface area contributed by atoms with Gasteiger partial charge in [-0.15, -0.1) is 0 Å². The van der Waals surface area contributed by atoms with Gasteiger partial charge in [-0.25, -0.2) is 12.8 Å². The van der Waals surface area contributed by atoms with Crippen molar-refractivity contribution >= 4 is 27.6 Å². The molecule has 0 heterocycles. The third kappa shape index (κ3) is 3.91. The lowest BCUT2D eigenvalue weighted by molar-refractivity contribution is -0.134. The fourth-order valence-electron chi connectivity index (χ4n) is 1.29. The zero-order valence-electron chi connectivity index (χ0n) is 9.81. The number of hydrogen-bond donors (Lipinski definition) is 3. The van der Waals surface area contributed by atoms with E-state index >= 15 is 0 Å². The van der Waals surface area contributed by atoms with Crippen LogP contribution in [0.25, 0.3) is 0 Å². The van der Waals surface area contributed by atoms with Crippen molar-refractivity contribution in [1.29, 1.82) is 0 Å². The van der Waals surface area contributed by atoms with E-state index in [0.717, 1.165) is 12.1 Å². The van der Waals surface area contributed by atoms with E-state index in [9.17, 15) is 22.4 Å². The first-order valence-electron chi connectivity index (χ1n) is 4.94. The van der Waals surface area contributed by atoms with Crippen LogP contribution in [0.1, 0.15) is 15.9 Å². The molecule has 0 spiro atoms. The second kappa shape index (κ2) is 5.22. The number of rotatable bonds is 5. The molecule has 0 fully saturated rings. The van der Waals surface area contributed by atoms with Crippen LogP contribution >= 0.6 is 0 Å². The summed E-state index contributed by atoms with van der Waals surface area (Å²) in [7, 11) is -4.18. The molecule has 1 rings (SSSR count). The Bertz CT molecular complexity index is 642. The maximum Gasteiger partial charge on any atom is 0.320 e. The topological polar surface area (TPSA) is 127 Å². The molecular formula is C10H11FN2O5S. The Kier molecular flexibility index (Phi) is 4.10. The molecule has 1 amide bonds. The summed E-state index contributed by atoms with van der Waals surface area (Å²) < 4.78 is 38.2. The minimum absolute atomic E-state index is 0.0704. The largest absolute Gasteiger partial charge is 0.480 e. The number of hydrogen-bond acceptors (Lipinski definition) is 4. The van der Waals surface area contributed by atoms with Gasteiger partial charge in [0.2, 0.25) is 15.9 Å². The number of benzene rings is 1. The Labute approximate surface area is 108 Å². The molecule has 9 heteroatoms. The van der Waals surface area contributed by atoms with Gasteiger partial charge >= 0.3 is 5.97 Å². The first-order chi connectivity index (χ1) is 8.62. The second-order valence-corrected chi connectivity index (χ2v) is 5.47. The van der Waals surface area contributed by atoms with Crippen LogP contribution in [0.15, 0.2) is 12.1 Å². The Hall–Kier alpha value is -2.16. The Morgan fingerprint density at radius 3 is 2.47 bits per heavy atom. The van der Waals surface area contributed by atoms with Gasteiger partial charge in [-0.05, 0) is 19.1 Å². The molecule has 19 heavy (non-hydrogen) atoms. The van der Waals surface area contributed by atoms with Gasteiger partial charge in [-0.2, -0.15) is 0 Å². The number of halogens is 1.